The Morgan fingerprint density at radius 3 is 2.66 bits per heavy atom. The molecule has 152 valence electrons. The lowest BCUT2D eigenvalue weighted by molar-refractivity contribution is 0.314. The molecule has 0 N–H and O–H groups in total. The number of rotatable bonds is 5. The van der Waals surface area contributed by atoms with E-state index < -0.39 is 10.0 Å². The van der Waals surface area contributed by atoms with Gasteiger partial charge in [-0.15, -0.1) is 21.5 Å². The number of aromatic nitrogens is 2. The molecule has 3 aromatic rings. The van der Waals surface area contributed by atoms with Crippen LogP contribution in [-0.2, 0) is 16.4 Å². The largest absolute Gasteiger partial charge is 0.243 e. The number of hydrogen-bond acceptors (Lipinski definition) is 5. The summed E-state index contributed by atoms with van der Waals surface area (Å²) in [5.41, 5.74) is 3.07. The first-order valence-corrected chi connectivity index (χ1v) is 12.1. The zero-order valence-corrected chi connectivity index (χ0v) is 18.3. The summed E-state index contributed by atoms with van der Waals surface area (Å²) >= 11 is 1.60. The third-order valence-electron chi connectivity index (χ3n) is 5.36. The van der Waals surface area contributed by atoms with Crippen molar-refractivity contribution in [2.45, 2.75) is 43.9 Å². The van der Waals surface area contributed by atoms with Crippen molar-refractivity contribution in [3.8, 4) is 0 Å². The highest BCUT2D eigenvalue weighted by atomic mass is 32.2. The highest BCUT2D eigenvalue weighted by Crippen LogP contribution is 2.33. The molecule has 7 heteroatoms. The van der Waals surface area contributed by atoms with Crippen molar-refractivity contribution >= 4 is 21.4 Å². The molecule has 1 saturated heterocycles. The smallest absolute Gasteiger partial charge is 0.207 e. The summed E-state index contributed by atoms with van der Waals surface area (Å²) in [6.45, 7) is 4.86. The molecule has 0 spiro atoms. The van der Waals surface area contributed by atoms with E-state index in [-0.39, 0.29) is 5.92 Å². The highest BCUT2D eigenvalue weighted by Gasteiger charge is 2.33. The second-order valence-corrected chi connectivity index (χ2v) is 10.7. The molecule has 5 nitrogen and oxygen atoms in total. The van der Waals surface area contributed by atoms with E-state index >= 15 is 0 Å². The second-order valence-electron chi connectivity index (χ2n) is 7.67. The van der Waals surface area contributed by atoms with Crippen LogP contribution >= 0.6 is 11.3 Å². The fraction of sp³-hybridized carbons (Fsp3) is 0.364. The molecule has 0 amide bonds. The third-order valence-corrected chi connectivity index (χ3v) is 8.47. The number of hydrogen-bond donors (Lipinski definition) is 0. The number of aryl methyl sites for hydroxylation is 2. The van der Waals surface area contributed by atoms with Crippen molar-refractivity contribution in [3.63, 3.8) is 0 Å². The van der Waals surface area contributed by atoms with Crippen molar-refractivity contribution in [1.82, 2.24) is 14.5 Å². The van der Waals surface area contributed by atoms with Crippen molar-refractivity contribution in [2.24, 2.45) is 0 Å². The fourth-order valence-electron chi connectivity index (χ4n) is 3.86. The van der Waals surface area contributed by atoms with Crippen LogP contribution in [0.15, 0.2) is 53.4 Å². The molecule has 1 aliphatic heterocycles. The Hall–Kier alpha value is -2.09. The van der Waals surface area contributed by atoms with Gasteiger partial charge in [0.1, 0.15) is 10.0 Å². The predicted octanol–water partition coefficient (Wildman–Crippen LogP) is 4.31. The molecule has 0 bridgehead atoms. The van der Waals surface area contributed by atoms with Crippen LogP contribution in [-0.4, -0.2) is 36.0 Å². The monoisotopic (exact) mass is 427 g/mol. The summed E-state index contributed by atoms with van der Waals surface area (Å²) in [7, 11) is -3.50. The van der Waals surface area contributed by atoms with Crippen LogP contribution in [0.2, 0.25) is 0 Å². The number of piperidine rings is 1. The maximum atomic E-state index is 13.2. The molecule has 2 aromatic carbocycles. The van der Waals surface area contributed by atoms with Crippen LogP contribution in [0, 0.1) is 13.8 Å². The van der Waals surface area contributed by atoms with Gasteiger partial charge in [-0.05, 0) is 43.9 Å². The fourth-order valence-corrected chi connectivity index (χ4v) is 6.60. The van der Waals surface area contributed by atoms with Gasteiger partial charge in [-0.25, -0.2) is 8.42 Å². The Kier molecular flexibility index (Phi) is 5.81. The van der Waals surface area contributed by atoms with Crippen molar-refractivity contribution in [1.29, 1.82) is 0 Å². The quantitative estimate of drug-likeness (QED) is 0.609. The highest BCUT2D eigenvalue weighted by molar-refractivity contribution is 7.89. The average molecular weight is 428 g/mol. The Morgan fingerprint density at radius 2 is 1.90 bits per heavy atom. The summed E-state index contributed by atoms with van der Waals surface area (Å²) in [6.07, 6.45) is 2.54. The van der Waals surface area contributed by atoms with Crippen LogP contribution < -0.4 is 0 Å². The van der Waals surface area contributed by atoms with Crippen molar-refractivity contribution in [2.75, 3.05) is 13.1 Å². The minimum Gasteiger partial charge on any atom is -0.207 e. The van der Waals surface area contributed by atoms with Gasteiger partial charge in [0.15, 0.2) is 0 Å². The lowest BCUT2D eigenvalue weighted by Crippen LogP contribution is -2.39. The Bertz CT molecular complexity index is 1090. The lowest BCUT2D eigenvalue weighted by Gasteiger charge is -2.31. The standard InChI is InChI=1S/C22H25N3O2S2/c1-16-10-11-20(17(2)13-16)29(26,27)25-12-6-9-19(15-25)22-24-23-21(28-22)14-18-7-4-3-5-8-18/h3-5,7-8,10-11,13,19H,6,9,12,14-15H2,1-2H3. The van der Waals surface area contributed by atoms with Gasteiger partial charge in [-0.3, -0.25) is 0 Å². The summed E-state index contributed by atoms with van der Waals surface area (Å²) in [4.78, 5) is 0.408. The van der Waals surface area contributed by atoms with Crippen LogP contribution in [0.3, 0.4) is 0 Å². The molecule has 4 rings (SSSR count). The van der Waals surface area contributed by atoms with Gasteiger partial charge in [0.25, 0.3) is 0 Å². The molecule has 2 heterocycles. The minimum absolute atomic E-state index is 0.103. The van der Waals surface area contributed by atoms with Gasteiger partial charge in [0.05, 0.1) is 4.90 Å². The summed E-state index contributed by atoms with van der Waals surface area (Å²) in [5, 5.41) is 10.7. The molecule has 29 heavy (non-hydrogen) atoms. The molecule has 1 atom stereocenters. The van der Waals surface area contributed by atoms with Gasteiger partial charge in [0, 0.05) is 25.4 Å². The summed E-state index contributed by atoms with van der Waals surface area (Å²) in [6, 6.07) is 15.7. The van der Waals surface area contributed by atoms with E-state index in [0.29, 0.717) is 18.0 Å². The van der Waals surface area contributed by atoms with Gasteiger partial charge in [0.2, 0.25) is 10.0 Å². The first-order valence-electron chi connectivity index (χ1n) is 9.87. The predicted molar refractivity (Wildman–Crippen MR) is 116 cm³/mol. The molecule has 0 radical (unpaired) electrons. The van der Waals surface area contributed by atoms with E-state index in [4.69, 9.17) is 0 Å². The van der Waals surface area contributed by atoms with E-state index in [0.717, 1.165) is 40.4 Å². The van der Waals surface area contributed by atoms with Gasteiger partial charge in [-0.1, -0.05) is 48.0 Å². The van der Waals surface area contributed by atoms with Crippen molar-refractivity contribution < 1.29 is 8.42 Å². The zero-order valence-electron chi connectivity index (χ0n) is 16.7. The molecular formula is C22H25N3O2S2. The Morgan fingerprint density at radius 1 is 1.10 bits per heavy atom. The Labute approximate surface area is 176 Å². The third kappa shape index (κ3) is 4.42. The minimum atomic E-state index is -3.50. The maximum Gasteiger partial charge on any atom is 0.243 e. The molecule has 1 aromatic heterocycles. The van der Waals surface area contributed by atoms with Gasteiger partial charge >= 0.3 is 0 Å². The second kappa shape index (κ2) is 8.34. The zero-order chi connectivity index (χ0) is 20.4. The molecule has 1 fully saturated rings. The van der Waals surface area contributed by atoms with Gasteiger partial charge < -0.3 is 0 Å². The van der Waals surface area contributed by atoms with E-state index in [1.807, 2.05) is 44.2 Å². The van der Waals surface area contributed by atoms with E-state index in [1.165, 1.54) is 5.56 Å². The van der Waals surface area contributed by atoms with Gasteiger partial charge in [-0.2, -0.15) is 4.31 Å². The molecule has 1 aliphatic rings. The molecule has 0 saturated carbocycles. The average Bonchev–Trinajstić information content (AvgIpc) is 3.17. The lowest BCUT2D eigenvalue weighted by atomic mass is 10.0. The number of benzene rings is 2. The maximum absolute atomic E-state index is 13.2. The first-order chi connectivity index (χ1) is 13.9. The molecule has 0 aliphatic carbocycles. The number of nitrogens with zero attached hydrogens (tertiary/aromatic N) is 3. The van der Waals surface area contributed by atoms with E-state index in [9.17, 15) is 8.42 Å². The molecular weight excluding hydrogens is 402 g/mol. The van der Waals surface area contributed by atoms with E-state index in [2.05, 4.69) is 22.3 Å². The SMILES string of the molecule is Cc1ccc(S(=O)(=O)N2CCCC(c3nnc(Cc4ccccc4)s3)C2)c(C)c1. The van der Waals surface area contributed by atoms with Crippen molar-refractivity contribution in [3.05, 3.63) is 75.2 Å². The summed E-state index contributed by atoms with van der Waals surface area (Å²) in [5.74, 6) is 0.103. The molecule has 1 unspecified atom stereocenters. The Balaban J connectivity index is 1.51. The topological polar surface area (TPSA) is 63.2 Å². The number of sulfonamides is 1. The van der Waals surface area contributed by atoms with Crippen LogP contribution in [0.25, 0.3) is 0 Å². The van der Waals surface area contributed by atoms with Crippen LogP contribution in [0.5, 0.6) is 0 Å². The first kappa shape index (κ1) is 20.2. The van der Waals surface area contributed by atoms with Crippen LogP contribution in [0.4, 0.5) is 0 Å². The van der Waals surface area contributed by atoms with E-state index in [1.54, 1.807) is 21.7 Å². The normalized spacial score (nSPS) is 18.1. The van der Waals surface area contributed by atoms with Crippen LogP contribution in [0.1, 0.15) is 45.5 Å². The summed E-state index contributed by atoms with van der Waals surface area (Å²) < 4.78 is 28.1.